The molecular weight excluding hydrogens is 520 g/mol. The van der Waals surface area contributed by atoms with Gasteiger partial charge in [0, 0.05) is 61.5 Å². The Kier molecular flexibility index (Phi) is 7.65. The third kappa shape index (κ3) is 5.52. The molecule has 1 fully saturated rings. The van der Waals surface area contributed by atoms with Crippen molar-refractivity contribution in [1.29, 1.82) is 0 Å². The van der Waals surface area contributed by atoms with Gasteiger partial charge in [0.25, 0.3) is 5.91 Å². The predicted molar refractivity (Wildman–Crippen MR) is 158 cm³/mol. The molecule has 0 unspecified atom stereocenters. The Morgan fingerprint density at radius 1 is 0.850 bits per heavy atom. The van der Waals surface area contributed by atoms with E-state index in [2.05, 4.69) is 22.3 Å². The summed E-state index contributed by atoms with van der Waals surface area (Å²) in [6.07, 6.45) is 4.61. The van der Waals surface area contributed by atoms with Gasteiger partial charge >= 0.3 is 0 Å². The number of benzene rings is 3. The number of nitrogens with zero attached hydrogens (tertiary/aromatic N) is 3. The maximum absolute atomic E-state index is 14.0. The van der Waals surface area contributed by atoms with Crippen molar-refractivity contribution in [3.63, 3.8) is 0 Å². The minimum absolute atomic E-state index is 0.211. The molecule has 7 nitrogen and oxygen atoms in total. The van der Waals surface area contributed by atoms with Gasteiger partial charge in [-0.25, -0.2) is 8.42 Å². The molecule has 8 heteroatoms. The number of carbonyl (C=O) groups is 1. The summed E-state index contributed by atoms with van der Waals surface area (Å²) in [6, 6.07) is 24.7. The average Bonchev–Trinajstić information content (AvgIpc) is 3.27. The number of hydrogen-bond donors (Lipinski definition) is 1. The topological polar surface area (TPSA) is 82.6 Å². The number of pyridine rings is 1. The first kappa shape index (κ1) is 26.6. The molecule has 206 valence electrons. The van der Waals surface area contributed by atoms with Crippen LogP contribution in [0.3, 0.4) is 0 Å². The maximum Gasteiger partial charge on any atom is 0.256 e. The zero-order valence-corrected chi connectivity index (χ0v) is 23.4. The van der Waals surface area contributed by atoms with Gasteiger partial charge in [-0.15, -0.1) is 0 Å². The third-order valence-corrected chi connectivity index (χ3v) is 9.79. The first-order chi connectivity index (χ1) is 19.5. The minimum atomic E-state index is -3.63. The second kappa shape index (κ2) is 11.5. The van der Waals surface area contributed by atoms with Crippen LogP contribution in [0, 0.1) is 0 Å². The highest BCUT2D eigenvalue weighted by atomic mass is 32.2. The molecule has 4 aromatic rings. The molecule has 0 atom stereocenters. The van der Waals surface area contributed by atoms with E-state index in [4.69, 9.17) is 4.98 Å². The zero-order chi connectivity index (χ0) is 27.5. The van der Waals surface area contributed by atoms with Crippen molar-refractivity contribution in [1.82, 2.24) is 14.2 Å². The number of aromatic nitrogens is 1. The Morgan fingerprint density at radius 3 is 2.40 bits per heavy atom. The van der Waals surface area contributed by atoms with Gasteiger partial charge in [-0.3, -0.25) is 14.7 Å². The zero-order valence-electron chi connectivity index (χ0n) is 22.6. The number of nitrogens with one attached hydrogen (secondary N) is 1. The smallest absolute Gasteiger partial charge is 0.256 e. The Morgan fingerprint density at radius 2 is 1.60 bits per heavy atom. The van der Waals surface area contributed by atoms with Crippen LogP contribution in [0.4, 0.5) is 5.69 Å². The molecule has 1 N–H and O–H groups in total. The van der Waals surface area contributed by atoms with Gasteiger partial charge in [0.1, 0.15) is 0 Å². The van der Waals surface area contributed by atoms with Crippen molar-refractivity contribution in [2.24, 2.45) is 0 Å². The summed E-state index contributed by atoms with van der Waals surface area (Å²) in [7, 11) is -3.63. The number of amides is 1. The van der Waals surface area contributed by atoms with E-state index in [1.807, 2.05) is 42.5 Å². The van der Waals surface area contributed by atoms with Gasteiger partial charge in [0.2, 0.25) is 10.0 Å². The van der Waals surface area contributed by atoms with Crippen molar-refractivity contribution in [2.45, 2.75) is 50.1 Å². The first-order valence-electron chi connectivity index (χ1n) is 14.1. The van der Waals surface area contributed by atoms with Crippen LogP contribution in [0.25, 0.3) is 10.9 Å². The van der Waals surface area contributed by atoms with Gasteiger partial charge in [-0.2, -0.15) is 4.31 Å². The van der Waals surface area contributed by atoms with Gasteiger partial charge in [-0.05, 0) is 42.7 Å². The van der Waals surface area contributed by atoms with Crippen LogP contribution >= 0.6 is 0 Å². The summed E-state index contributed by atoms with van der Waals surface area (Å²) in [5.74, 6) is -0.249. The van der Waals surface area contributed by atoms with Crippen LogP contribution in [-0.2, 0) is 29.5 Å². The summed E-state index contributed by atoms with van der Waals surface area (Å²) >= 11 is 0. The quantitative estimate of drug-likeness (QED) is 0.335. The van der Waals surface area contributed by atoms with Crippen LogP contribution in [0.1, 0.15) is 52.9 Å². The van der Waals surface area contributed by atoms with Gasteiger partial charge in [0.15, 0.2) is 0 Å². The Labute approximate surface area is 235 Å². The van der Waals surface area contributed by atoms with Gasteiger partial charge in [-0.1, -0.05) is 67.4 Å². The highest BCUT2D eigenvalue weighted by Gasteiger charge is 2.28. The third-order valence-electron chi connectivity index (χ3n) is 7.90. The molecule has 2 aliphatic rings. The van der Waals surface area contributed by atoms with Crippen LogP contribution < -0.4 is 5.32 Å². The average molecular weight is 555 g/mol. The monoisotopic (exact) mass is 554 g/mol. The Bertz CT molecular complexity index is 1630. The molecule has 3 heterocycles. The summed E-state index contributed by atoms with van der Waals surface area (Å²) < 4.78 is 28.4. The van der Waals surface area contributed by atoms with E-state index in [1.54, 1.807) is 28.6 Å². The molecule has 2 aliphatic heterocycles. The normalized spacial score (nSPS) is 16.8. The second-order valence-corrected chi connectivity index (χ2v) is 12.6. The Hall–Kier alpha value is -3.59. The van der Waals surface area contributed by atoms with E-state index in [0.29, 0.717) is 30.9 Å². The fourth-order valence-electron chi connectivity index (χ4n) is 5.84. The molecule has 6 rings (SSSR count). The number of anilines is 1. The number of sulfonamides is 1. The van der Waals surface area contributed by atoms with Crippen LogP contribution in [-0.4, -0.2) is 48.1 Å². The highest BCUT2D eigenvalue weighted by Crippen LogP contribution is 2.30. The lowest BCUT2D eigenvalue weighted by Gasteiger charge is -2.30. The van der Waals surface area contributed by atoms with E-state index in [9.17, 15) is 13.2 Å². The summed E-state index contributed by atoms with van der Waals surface area (Å²) in [5, 5.41) is 3.82. The van der Waals surface area contributed by atoms with Crippen molar-refractivity contribution >= 4 is 32.5 Å². The maximum atomic E-state index is 14.0. The van der Waals surface area contributed by atoms with Crippen molar-refractivity contribution in [3.8, 4) is 0 Å². The number of rotatable bonds is 6. The van der Waals surface area contributed by atoms with E-state index in [0.717, 1.165) is 67.4 Å². The number of para-hydroxylation sites is 1. The molecule has 0 radical (unpaired) electrons. The molecule has 1 aromatic heterocycles. The van der Waals surface area contributed by atoms with Crippen molar-refractivity contribution in [2.75, 3.05) is 25.0 Å². The number of carbonyl (C=O) groups excluding carboxylic acids is 1. The largest absolute Gasteiger partial charge is 0.322 e. The molecule has 3 aromatic carbocycles. The fraction of sp³-hybridized carbons (Fsp3) is 0.312. The summed E-state index contributed by atoms with van der Waals surface area (Å²) in [5.41, 5.74) is 4.98. The summed E-state index contributed by atoms with van der Waals surface area (Å²) in [6.45, 7) is 3.35. The molecule has 0 saturated carbocycles. The molecular formula is C32H34N4O3S. The van der Waals surface area contributed by atoms with Crippen LogP contribution in [0.5, 0.6) is 0 Å². The molecule has 0 bridgehead atoms. The second-order valence-electron chi connectivity index (χ2n) is 10.7. The number of fused-ring (bicyclic) bond motifs is 2. The molecule has 1 saturated heterocycles. The lowest BCUT2D eigenvalue weighted by Crippen LogP contribution is -2.33. The lowest BCUT2D eigenvalue weighted by atomic mass is 9.95. The first-order valence-corrected chi connectivity index (χ1v) is 15.5. The SMILES string of the molecule is O=C(Nc1cccc(S(=O)(=O)N2CCCCCC2)c1)c1c2c(nc3ccccc13)CCN(Cc1ccccc1)C2. The molecule has 0 aliphatic carbocycles. The highest BCUT2D eigenvalue weighted by molar-refractivity contribution is 7.89. The predicted octanol–water partition coefficient (Wildman–Crippen LogP) is 5.61. The lowest BCUT2D eigenvalue weighted by molar-refractivity contribution is 0.102. The molecule has 40 heavy (non-hydrogen) atoms. The van der Waals surface area contributed by atoms with E-state index >= 15 is 0 Å². The van der Waals surface area contributed by atoms with Gasteiger partial charge in [0.05, 0.1) is 16.0 Å². The van der Waals surface area contributed by atoms with Gasteiger partial charge < -0.3 is 5.32 Å². The van der Waals surface area contributed by atoms with E-state index < -0.39 is 10.0 Å². The molecule has 0 spiro atoms. The fourth-order valence-corrected chi connectivity index (χ4v) is 7.40. The van der Waals surface area contributed by atoms with Crippen molar-refractivity contribution in [3.05, 3.63) is 101 Å². The Balaban J connectivity index is 1.31. The summed E-state index contributed by atoms with van der Waals surface area (Å²) in [4.78, 5) is 21.4. The molecule has 1 amide bonds. The minimum Gasteiger partial charge on any atom is -0.322 e. The van der Waals surface area contributed by atoms with Crippen molar-refractivity contribution < 1.29 is 13.2 Å². The van der Waals surface area contributed by atoms with Crippen LogP contribution in [0.2, 0.25) is 0 Å². The standard InChI is InChI=1S/C32H34N4O3S/c37-32(33-25-13-10-14-26(21-25)40(38,39)36-18-8-1-2-9-19-36)31-27-15-6-7-16-29(27)34-30-17-20-35(23-28(30)31)22-24-11-4-3-5-12-24/h3-7,10-16,21H,1-2,8-9,17-20,22-23H2,(H,33,37). The van der Waals surface area contributed by atoms with Crippen LogP contribution in [0.15, 0.2) is 83.8 Å². The number of hydrogen-bond acceptors (Lipinski definition) is 5. The van der Waals surface area contributed by atoms with E-state index in [1.165, 1.54) is 5.56 Å². The van der Waals surface area contributed by atoms with E-state index in [-0.39, 0.29) is 10.8 Å².